The molecule has 2 rings (SSSR count). The maximum absolute atomic E-state index is 9.48. The van der Waals surface area contributed by atoms with Crippen LogP contribution in [0.25, 0.3) is 0 Å². The third-order valence-electron chi connectivity index (χ3n) is 4.76. The van der Waals surface area contributed by atoms with Gasteiger partial charge >= 0.3 is 0 Å². The van der Waals surface area contributed by atoms with Crippen molar-refractivity contribution in [2.75, 3.05) is 0 Å². The number of nitriles is 1. The Bertz CT molecular complexity index is 296. The molecule has 2 heteroatoms. The van der Waals surface area contributed by atoms with Crippen LogP contribution in [0, 0.1) is 16.7 Å². The summed E-state index contributed by atoms with van der Waals surface area (Å²) >= 11 is 0. The van der Waals surface area contributed by atoms with Crippen LogP contribution in [0.3, 0.4) is 0 Å². The third-order valence-corrected chi connectivity index (χ3v) is 4.76. The molecule has 2 heterocycles. The highest BCUT2D eigenvalue weighted by Crippen LogP contribution is 2.50. The number of nitrogens with zero attached hydrogens (tertiary/aromatic N) is 1. The minimum absolute atomic E-state index is 0.119. The first-order chi connectivity index (χ1) is 8.80. The Hall–Kier alpha value is -0.550. The Morgan fingerprint density at radius 2 is 1.83 bits per heavy atom. The fourth-order valence-electron chi connectivity index (χ4n) is 3.63. The smallest absolute Gasteiger partial charge is 0.0859 e. The van der Waals surface area contributed by atoms with E-state index in [2.05, 4.69) is 13.0 Å². The topological polar surface area (TPSA) is 33.0 Å². The highest BCUT2D eigenvalue weighted by Gasteiger charge is 2.52. The third kappa shape index (κ3) is 3.06. The zero-order valence-corrected chi connectivity index (χ0v) is 11.8. The number of fused-ring (bicyclic) bond motifs is 2. The predicted octanol–water partition coefficient (Wildman–Crippen LogP) is 4.59. The standard InChI is InChI=1S/C16H27NO/c1-2-3-4-5-6-7-8-11-16(13-17)12-14-9-10-15(16)18-14/h14-15H,2-12H2,1H3. The molecule has 0 radical (unpaired) electrons. The molecule has 2 fully saturated rings. The highest BCUT2D eigenvalue weighted by molar-refractivity contribution is 5.12. The second-order valence-electron chi connectivity index (χ2n) is 6.17. The fourth-order valence-corrected chi connectivity index (χ4v) is 3.63. The van der Waals surface area contributed by atoms with Gasteiger partial charge in [-0.2, -0.15) is 5.26 Å². The van der Waals surface area contributed by atoms with Gasteiger partial charge < -0.3 is 4.74 Å². The lowest BCUT2D eigenvalue weighted by Gasteiger charge is -2.28. The lowest BCUT2D eigenvalue weighted by atomic mass is 9.72. The molecule has 3 atom stereocenters. The average molecular weight is 249 g/mol. The van der Waals surface area contributed by atoms with E-state index in [4.69, 9.17) is 4.74 Å². The first-order valence-corrected chi connectivity index (χ1v) is 7.87. The monoisotopic (exact) mass is 249 g/mol. The summed E-state index contributed by atoms with van der Waals surface area (Å²) in [5.74, 6) is 0. The van der Waals surface area contributed by atoms with E-state index >= 15 is 0 Å². The van der Waals surface area contributed by atoms with Gasteiger partial charge in [0.1, 0.15) is 0 Å². The van der Waals surface area contributed by atoms with E-state index in [0.717, 1.165) is 19.3 Å². The minimum atomic E-state index is -0.119. The van der Waals surface area contributed by atoms with Crippen LogP contribution >= 0.6 is 0 Å². The van der Waals surface area contributed by atoms with Crippen LogP contribution in [0.2, 0.25) is 0 Å². The highest BCUT2D eigenvalue weighted by atomic mass is 16.5. The minimum Gasteiger partial charge on any atom is -0.373 e. The Balaban J connectivity index is 1.62. The van der Waals surface area contributed by atoms with Crippen LogP contribution < -0.4 is 0 Å². The molecule has 0 amide bonds. The normalized spacial score (nSPS) is 33.8. The van der Waals surface area contributed by atoms with Crippen molar-refractivity contribution in [1.82, 2.24) is 0 Å². The maximum atomic E-state index is 9.48. The maximum Gasteiger partial charge on any atom is 0.0859 e. The first kappa shape index (κ1) is 13.9. The van der Waals surface area contributed by atoms with Crippen molar-refractivity contribution < 1.29 is 4.74 Å². The Labute approximate surface area is 112 Å². The van der Waals surface area contributed by atoms with Gasteiger partial charge in [0.15, 0.2) is 0 Å². The number of hydrogen-bond acceptors (Lipinski definition) is 2. The number of unbranched alkanes of at least 4 members (excludes halogenated alkanes) is 6. The van der Waals surface area contributed by atoms with E-state index in [1.54, 1.807) is 0 Å². The van der Waals surface area contributed by atoms with Gasteiger partial charge in [0.2, 0.25) is 0 Å². The van der Waals surface area contributed by atoms with Crippen molar-refractivity contribution in [2.45, 2.75) is 89.8 Å². The van der Waals surface area contributed by atoms with Crippen LogP contribution in [0.15, 0.2) is 0 Å². The summed E-state index contributed by atoms with van der Waals surface area (Å²) in [6.45, 7) is 2.26. The zero-order valence-electron chi connectivity index (χ0n) is 11.8. The molecule has 2 aliphatic heterocycles. The molecule has 0 spiro atoms. The van der Waals surface area contributed by atoms with Crippen molar-refractivity contribution in [1.29, 1.82) is 5.26 Å². The summed E-state index contributed by atoms with van der Waals surface area (Å²) in [6.07, 6.45) is 14.3. The number of rotatable bonds is 8. The molecule has 18 heavy (non-hydrogen) atoms. The first-order valence-electron chi connectivity index (χ1n) is 7.87. The molecule has 2 saturated heterocycles. The van der Waals surface area contributed by atoms with Crippen LogP contribution in [0.1, 0.15) is 77.6 Å². The summed E-state index contributed by atoms with van der Waals surface area (Å²) in [5, 5.41) is 9.48. The van der Waals surface area contributed by atoms with Crippen LogP contribution in [-0.4, -0.2) is 12.2 Å². The molecule has 2 bridgehead atoms. The second-order valence-corrected chi connectivity index (χ2v) is 6.17. The summed E-state index contributed by atoms with van der Waals surface area (Å²) in [5.41, 5.74) is -0.119. The summed E-state index contributed by atoms with van der Waals surface area (Å²) in [6, 6.07) is 2.60. The summed E-state index contributed by atoms with van der Waals surface area (Å²) < 4.78 is 5.87. The quantitative estimate of drug-likeness (QED) is 0.589. The van der Waals surface area contributed by atoms with Gasteiger partial charge in [-0.3, -0.25) is 0 Å². The van der Waals surface area contributed by atoms with Crippen LogP contribution in [0.4, 0.5) is 0 Å². The van der Waals surface area contributed by atoms with Gasteiger partial charge in [-0.15, -0.1) is 0 Å². The van der Waals surface area contributed by atoms with Gasteiger partial charge in [0.25, 0.3) is 0 Å². The molecule has 0 saturated carbocycles. The molecule has 2 aliphatic rings. The molecule has 0 N–H and O–H groups in total. The van der Waals surface area contributed by atoms with E-state index in [0.29, 0.717) is 6.10 Å². The lowest BCUT2D eigenvalue weighted by molar-refractivity contribution is 0.0755. The lowest BCUT2D eigenvalue weighted by Crippen LogP contribution is -2.30. The summed E-state index contributed by atoms with van der Waals surface area (Å²) in [4.78, 5) is 0. The van der Waals surface area contributed by atoms with E-state index < -0.39 is 0 Å². The SMILES string of the molecule is CCCCCCCCCC1(C#N)CC2CCC1O2. The molecule has 0 aromatic heterocycles. The van der Waals surface area contributed by atoms with Gasteiger partial charge in [-0.25, -0.2) is 0 Å². The molecular weight excluding hydrogens is 222 g/mol. The Kier molecular flexibility index (Phi) is 5.06. The van der Waals surface area contributed by atoms with Gasteiger partial charge in [0, 0.05) is 0 Å². The Morgan fingerprint density at radius 3 is 2.39 bits per heavy atom. The van der Waals surface area contributed by atoms with Crippen molar-refractivity contribution in [3.63, 3.8) is 0 Å². The fraction of sp³-hybridized carbons (Fsp3) is 0.938. The van der Waals surface area contributed by atoms with Gasteiger partial charge in [-0.05, 0) is 25.7 Å². The molecule has 0 aliphatic carbocycles. The van der Waals surface area contributed by atoms with Gasteiger partial charge in [0.05, 0.1) is 23.7 Å². The van der Waals surface area contributed by atoms with Crippen molar-refractivity contribution in [3.05, 3.63) is 0 Å². The average Bonchev–Trinajstić information content (AvgIpc) is 2.98. The molecule has 0 aromatic carbocycles. The van der Waals surface area contributed by atoms with E-state index in [1.807, 2.05) is 0 Å². The molecular formula is C16H27NO. The van der Waals surface area contributed by atoms with Crippen molar-refractivity contribution >= 4 is 0 Å². The van der Waals surface area contributed by atoms with E-state index in [9.17, 15) is 5.26 Å². The second kappa shape index (κ2) is 6.57. The van der Waals surface area contributed by atoms with Crippen molar-refractivity contribution in [3.8, 4) is 6.07 Å². The molecule has 3 unspecified atom stereocenters. The van der Waals surface area contributed by atoms with E-state index in [1.165, 1.54) is 51.4 Å². The van der Waals surface area contributed by atoms with E-state index in [-0.39, 0.29) is 11.5 Å². The zero-order chi connectivity index (χ0) is 12.8. The summed E-state index contributed by atoms with van der Waals surface area (Å²) in [7, 11) is 0. The predicted molar refractivity (Wildman–Crippen MR) is 73.2 cm³/mol. The Morgan fingerprint density at radius 1 is 1.11 bits per heavy atom. The molecule has 2 nitrogen and oxygen atoms in total. The van der Waals surface area contributed by atoms with Gasteiger partial charge in [-0.1, -0.05) is 51.9 Å². The molecule has 0 aromatic rings. The number of ether oxygens (including phenoxy) is 1. The largest absolute Gasteiger partial charge is 0.373 e. The van der Waals surface area contributed by atoms with Crippen molar-refractivity contribution in [2.24, 2.45) is 5.41 Å². The molecule has 102 valence electrons. The van der Waals surface area contributed by atoms with Crippen LogP contribution in [-0.2, 0) is 4.74 Å². The van der Waals surface area contributed by atoms with Crippen LogP contribution in [0.5, 0.6) is 0 Å². The number of hydrogen-bond donors (Lipinski definition) is 0.